The Morgan fingerprint density at radius 1 is 1.23 bits per heavy atom. The zero-order valence-corrected chi connectivity index (χ0v) is 7.92. The van der Waals surface area contributed by atoms with Gasteiger partial charge in [0, 0.05) is 6.08 Å². The molecular weight excluding hydrogens is 196 g/mol. The van der Waals surface area contributed by atoms with Crippen molar-refractivity contribution < 1.29 is 19.8 Å². The molecule has 0 saturated carbocycles. The van der Waals surface area contributed by atoms with E-state index in [1.54, 1.807) is 0 Å². The molecule has 0 bridgehead atoms. The molecule has 0 spiro atoms. The summed E-state index contributed by atoms with van der Waals surface area (Å²) in [5, 5.41) is 16.8. The molecule has 0 aliphatic heterocycles. The van der Waals surface area contributed by atoms with Gasteiger partial charge in [-0.25, -0.2) is 9.59 Å². The maximum atomic E-state index is 10.4. The maximum Gasteiger partial charge on any atom is 0.332 e. The number of carboxylic acids is 2. The van der Waals surface area contributed by atoms with Gasteiger partial charge in [-0.1, -0.05) is 11.6 Å². The van der Waals surface area contributed by atoms with Gasteiger partial charge in [-0.15, -0.1) is 0 Å². The molecule has 2 N–H and O–H groups in total. The smallest absolute Gasteiger partial charge is 0.332 e. The van der Waals surface area contributed by atoms with E-state index in [1.807, 2.05) is 0 Å². The summed E-state index contributed by atoms with van der Waals surface area (Å²) < 4.78 is 0. The van der Waals surface area contributed by atoms with Gasteiger partial charge in [0.25, 0.3) is 0 Å². The quantitative estimate of drug-likeness (QED) is 0.541. The Balaban J connectivity index is 4.99. The number of rotatable bonds is 3. The fourth-order valence-corrected chi connectivity index (χ4v) is 0.774. The Kier molecular flexibility index (Phi) is 4.20. The lowest BCUT2D eigenvalue weighted by Crippen LogP contribution is -2.00. The summed E-state index contributed by atoms with van der Waals surface area (Å²) in [6.07, 6.45) is 0.856. The predicted molar refractivity (Wildman–Crippen MR) is 47.6 cm³/mol. The molecule has 0 aromatic rings. The van der Waals surface area contributed by atoms with E-state index in [0.717, 1.165) is 6.08 Å². The molecule has 5 heteroatoms. The van der Waals surface area contributed by atoms with E-state index >= 15 is 0 Å². The predicted octanol–water partition coefficient (Wildman–Crippen LogP) is 1.61. The van der Waals surface area contributed by atoms with Gasteiger partial charge in [-0.05, 0) is 19.4 Å². The first-order valence-electron chi connectivity index (χ1n) is 3.37. The highest BCUT2D eigenvalue weighted by Crippen LogP contribution is 2.18. The van der Waals surface area contributed by atoms with Crippen LogP contribution in [0.2, 0.25) is 0 Å². The number of carbonyl (C=O) groups is 2. The van der Waals surface area contributed by atoms with Crippen molar-refractivity contribution in [1.29, 1.82) is 0 Å². The summed E-state index contributed by atoms with van der Waals surface area (Å²) in [6, 6.07) is 0. The highest BCUT2D eigenvalue weighted by atomic mass is 35.5. The number of hydrogen-bond donors (Lipinski definition) is 2. The zero-order chi connectivity index (χ0) is 10.6. The van der Waals surface area contributed by atoms with Crippen LogP contribution in [0.5, 0.6) is 0 Å². The minimum Gasteiger partial charge on any atom is -0.478 e. The fourth-order valence-electron chi connectivity index (χ4n) is 0.638. The first kappa shape index (κ1) is 11.7. The van der Waals surface area contributed by atoms with E-state index in [-0.39, 0.29) is 16.2 Å². The average molecular weight is 205 g/mol. The van der Waals surface area contributed by atoms with Crippen molar-refractivity contribution in [2.75, 3.05) is 0 Å². The number of allylic oxidation sites excluding steroid dienone is 2. The van der Waals surface area contributed by atoms with Crippen molar-refractivity contribution >= 4 is 23.5 Å². The third kappa shape index (κ3) is 3.75. The lowest BCUT2D eigenvalue weighted by atomic mass is 10.2. The molecule has 0 saturated heterocycles. The molecule has 0 rings (SSSR count). The minimum absolute atomic E-state index is 0.0464. The third-order valence-corrected chi connectivity index (χ3v) is 1.92. The van der Waals surface area contributed by atoms with Crippen LogP contribution in [0.4, 0.5) is 0 Å². The third-order valence-electron chi connectivity index (χ3n) is 1.34. The highest BCUT2D eigenvalue weighted by Gasteiger charge is 2.09. The molecule has 0 aromatic carbocycles. The van der Waals surface area contributed by atoms with Gasteiger partial charge in [-0.2, -0.15) is 0 Å². The summed E-state index contributed by atoms with van der Waals surface area (Å²) >= 11 is 5.59. The lowest BCUT2D eigenvalue weighted by Gasteiger charge is -2.00. The SMILES string of the molecule is C/C(C(=O)O)=C(Cl)\C(C)=C\C(=O)O. The average Bonchev–Trinajstić information content (AvgIpc) is 2.00. The first-order chi connectivity index (χ1) is 5.86. The van der Waals surface area contributed by atoms with E-state index in [2.05, 4.69) is 0 Å². The number of carboxylic acid groups (broad SMARTS) is 2. The van der Waals surface area contributed by atoms with Gasteiger partial charge in [0.05, 0.1) is 10.6 Å². The molecule has 0 aliphatic carbocycles. The summed E-state index contributed by atoms with van der Waals surface area (Å²) in [5.41, 5.74) is 0.144. The normalized spacial score (nSPS) is 13.6. The largest absolute Gasteiger partial charge is 0.478 e. The standard InChI is InChI=1S/C8H9ClO4/c1-4(3-6(10)11)7(9)5(2)8(12)13/h3H,1-2H3,(H,10,11)(H,12,13)/b4-3+,7-5-. The van der Waals surface area contributed by atoms with E-state index in [0.29, 0.717) is 0 Å². The Morgan fingerprint density at radius 3 is 2.00 bits per heavy atom. The van der Waals surface area contributed by atoms with Crippen molar-refractivity contribution in [3.8, 4) is 0 Å². The summed E-state index contributed by atoms with van der Waals surface area (Å²) in [6.45, 7) is 2.74. The molecule has 0 atom stereocenters. The van der Waals surface area contributed by atoms with E-state index in [9.17, 15) is 9.59 Å². The molecule has 72 valence electrons. The van der Waals surface area contributed by atoms with E-state index < -0.39 is 11.9 Å². The van der Waals surface area contributed by atoms with Crippen LogP contribution in [-0.2, 0) is 9.59 Å². The summed E-state index contributed by atoms with van der Waals surface area (Å²) in [7, 11) is 0. The Labute approximate surface area is 80.1 Å². The second-order valence-corrected chi connectivity index (χ2v) is 2.79. The molecule has 0 amide bonds. The van der Waals surface area contributed by atoms with Gasteiger partial charge < -0.3 is 10.2 Å². The topological polar surface area (TPSA) is 74.6 Å². The Bertz CT molecular complexity index is 301. The maximum absolute atomic E-state index is 10.4. The second-order valence-electron chi connectivity index (χ2n) is 2.41. The number of aliphatic carboxylic acids is 2. The van der Waals surface area contributed by atoms with E-state index in [4.69, 9.17) is 21.8 Å². The molecule has 4 nitrogen and oxygen atoms in total. The van der Waals surface area contributed by atoms with Crippen LogP contribution in [0.25, 0.3) is 0 Å². The van der Waals surface area contributed by atoms with Crippen molar-refractivity contribution in [3.05, 3.63) is 22.3 Å². The molecule has 0 radical (unpaired) electrons. The summed E-state index contributed by atoms with van der Waals surface area (Å²) in [4.78, 5) is 20.6. The minimum atomic E-state index is -1.16. The number of hydrogen-bond acceptors (Lipinski definition) is 2. The van der Waals surface area contributed by atoms with Crippen molar-refractivity contribution in [2.45, 2.75) is 13.8 Å². The molecule has 0 unspecified atom stereocenters. The van der Waals surface area contributed by atoms with Crippen molar-refractivity contribution in [3.63, 3.8) is 0 Å². The van der Waals surface area contributed by atoms with E-state index in [1.165, 1.54) is 13.8 Å². The van der Waals surface area contributed by atoms with Gasteiger partial charge in [0.15, 0.2) is 0 Å². The van der Waals surface area contributed by atoms with Crippen LogP contribution in [0.3, 0.4) is 0 Å². The van der Waals surface area contributed by atoms with Crippen LogP contribution in [0.1, 0.15) is 13.8 Å². The Hall–Kier alpha value is -1.29. The van der Waals surface area contributed by atoms with Crippen molar-refractivity contribution in [2.24, 2.45) is 0 Å². The molecule has 0 aliphatic rings. The lowest BCUT2D eigenvalue weighted by molar-refractivity contribution is -0.133. The van der Waals surface area contributed by atoms with Gasteiger partial charge in [0.2, 0.25) is 0 Å². The van der Waals surface area contributed by atoms with Crippen molar-refractivity contribution in [1.82, 2.24) is 0 Å². The van der Waals surface area contributed by atoms with Crippen LogP contribution in [0, 0.1) is 0 Å². The molecule has 0 heterocycles. The molecular formula is C8H9ClO4. The summed E-state index contributed by atoms with van der Waals surface area (Å²) in [5.74, 6) is -2.32. The van der Waals surface area contributed by atoms with Crippen LogP contribution in [-0.4, -0.2) is 22.2 Å². The first-order valence-corrected chi connectivity index (χ1v) is 3.75. The van der Waals surface area contributed by atoms with Gasteiger partial charge >= 0.3 is 11.9 Å². The molecule has 13 heavy (non-hydrogen) atoms. The van der Waals surface area contributed by atoms with Gasteiger partial charge in [0.1, 0.15) is 0 Å². The fraction of sp³-hybridized carbons (Fsp3) is 0.250. The highest BCUT2D eigenvalue weighted by molar-refractivity contribution is 6.34. The molecule has 0 fully saturated rings. The van der Waals surface area contributed by atoms with Crippen LogP contribution in [0.15, 0.2) is 22.3 Å². The zero-order valence-electron chi connectivity index (χ0n) is 7.17. The monoisotopic (exact) mass is 204 g/mol. The van der Waals surface area contributed by atoms with Crippen LogP contribution < -0.4 is 0 Å². The number of halogens is 1. The Morgan fingerprint density at radius 2 is 1.69 bits per heavy atom. The second kappa shape index (κ2) is 4.67. The van der Waals surface area contributed by atoms with Gasteiger partial charge in [-0.3, -0.25) is 0 Å². The molecule has 0 aromatic heterocycles. The van der Waals surface area contributed by atoms with Crippen LogP contribution >= 0.6 is 11.6 Å².